The zero-order chi connectivity index (χ0) is 11.6. The van der Waals surface area contributed by atoms with Crippen LogP contribution in [0.25, 0.3) is 0 Å². The molecule has 0 aromatic heterocycles. The highest BCUT2D eigenvalue weighted by atomic mass is 16.5. The summed E-state index contributed by atoms with van der Waals surface area (Å²) in [6, 6.07) is 0. The van der Waals surface area contributed by atoms with Gasteiger partial charge in [-0.05, 0) is 32.9 Å². The molecule has 16 heavy (non-hydrogen) atoms. The van der Waals surface area contributed by atoms with Crippen LogP contribution in [0.3, 0.4) is 0 Å². The molecule has 0 radical (unpaired) electrons. The van der Waals surface area contributed by atoms with Gasteiger partial charge in [-0.15, -0.1) is 0 Å². The SMILES string of the molecule is CCOCCCN1CCCN(CCN)CC1. The molecular weight excluding hydrogens is 202 g/mol. The highest BCUT2D eigenvalue weighted by Crippen LogP contribution is 2.03. The molecule has 0 aromatic rings. The molecule has 1 fully saturated rings. The van der Waals surface area contributed by atoms with Crippen molar-refractivity contribution in [3.05, 3.63) is 0 Å². The third kappa shape index (κ3) is 5.80. The number of hydrogen-bond donors (Lipinski definition) is 1. The van der Waals surface area contributed by atoms with Crippen LogP contribution < -0.4 is 5.73 Å². The van der Waals surface area contributed by atoms with Gasteiger partial charge >= 0.3 is 0 Å². The van der Waals surface area contributed by atoms with Crippen LogP contribution in [0.1, 0.15) is 19.8 Å². The summed E-state index contributed by atoms with van der Waals surface area (Å²) in [6.45, 7) is 11.6. The van der Waals surface area contributed by atoms with Gasteiger partial charge in [-0.2, -0.15) is 0 Å². The van der Waals surface area contributed by atoms with E-state index in [0.29, 0.717) is 0 Å². The third-order valence-electron chi connectivity index (χ3n) is 3.09. The summed E-state index contributed by atoms with van der Waals surface area (Å²) in [5, 5.41) is 0. The van der Waals surface area contributed by atoms with Gasteiger partial charge in [-0.1, -0.05) is 0 Å². The van der Waals surface area contributed by atoms with E-state index in [0.717, 1.165) is 32.7 Å². The molecule has 0 aromatic carbocycles. The molecule has 2 N–H and O–H groups in total. The predicted molar refractivity (Wildman–Crippen MR) is 67.7 cm³/mol. The predicted octanol–water partition coefficient (Wildman–Crippen LogP) is 0.379. The minimum Gasteiger partial charge on any atom is -0.382 e. The first-order valence-electron chi connectivity index (χ1n) is 6.59. The Balaban J connectivity index is 2.10. The standard InChI is InChI=1S/C12H27N3O/c1-2-16-12-4-8-14-6-3-7-15(9-5-13)11-10-14/h2-13H2,1H3. The lowest BCUT2D eigenvalue weighted by Crippen LogP contribution is -2.34. The van der Waals surface area contributed by atoms with Gasteiger partial charge in [0, 0.05) is 45.9 Å². The van der Waals surface area contributed by atoms with Crippen LogP contribution in [0.2, 0.25) is 0 Å². The van der Waals surface area contributed by atoms with Crippen molar-refractivity contribution in [2.24, 2.45) is 5.73 Å². The third-order valence-corrected chi connectivity index (χ3v) is 3.09. The monoisotopic (exact) mass is 229 g/mol. The van der Waals surface area contributed by atoms with Crippen LogP contribution in [-0.4, -0.2) is 68.8 Å². The van der Waals surface area contributed by atoms with E-state index in [1.165, 1.54) is 39.1 Å². The van der Waals surface area contributed by atoms with Gasteiger partial charge in [0.15, 0.2) is 0 Å². The van der Waals surface area contributed by atoms with Gasteiger partial charge in [0.1, 0.15) is 0 Å². The van der Waals surface area contributed by atoms with Gasteiger partial charge < -0.3 is 20.3 Å². The fourth-order valence-electron chi connectivity index (χ4n) is 2.19. The van der Waals surface area contributed by atoms with E-state index < -0.39 is 0 Å². The van der Waals surface area contributed by atoms with E-state index in [1.807, 2.05) is 0 Å². The molecule has 96 valence electrons. The van der Waals surface area contributed by atoms with Crippen molar-refractivity contribution in [1.29, 1.82) is 0 Å². The molecule has 1 saturated heterocycles. The number of ether oxygens (including phenoxy) is 1. The first-order valence-corrected chi connectivity index (χ1v) is 6.59. The second-order valence-electron chi connectivity index (χ2n) is 4.38. The minimum absolute atomic E-state index is 0.782. The Morgan fingerprint density at radius 3 is 2.38 bits per heavy atom. The summed E-state index contributed by atoms with van der Waals surface area (Å²) in [7, 11) is 0. The maximum absolute atomic E-state index is 5.59. The second-order valence-corrected chi connectivity index (χ2v) is 4.38. The summed E-state index contributed by atoms with van der Waals surface area (Å²) >= 11 is 0. The average molecular weight is 229 g/mol. The van der Waals surface area contributed by atoms with E-state index in [1.54, 1.807) is 0 Å². The smallest absolute Gasteiger partial charge is 0.0478 e. The molecule has 4 nitrogen and oxygen atoms in total. The van der Waals surface area contributed by atoms with E-state index in [2.05, 4.69) is 16.7 Å². The number of nitrogens with two attached hydrogens (primary N) is 1. The zero-order valence-corrected chi connectivity index (χ0v) is 10.7. The van der Waals surface area contributed by atoms with Crippen molar-refractivity contribution in [2.45, 2.75) is 19.8 Å². The lowest BCUT2D eigenvalue weighted by molar-refractivity contribution is 0.132. The average Bonchev–Trinajstić information content (AvgIpc) is 2.51. The van der Waals surface area contributed by atoms with Crippen molar-refractivity contribution >= 4 is 0 Å². The van der Waals surface area contributed by atoms with Crippen LogP contribution in [0.15, 0.2) is 0 Å². The molecular formula is C12H27N3O. The van der Waals surface area contributed by atoms with E-state index in [-0.39, 0.29) is 0 Å². The summed E-state index contributed by atoms with van der Waals surface area (Å²) < 4.78 is 5.36. The molecule has 0 unspecified atom stereocenters. The number of nitrogens with zero attached hydrogens (tertiary/aromatic N) is 2. The molecule has 0 amide bonds. The van der Waals surface area contributed by atoms with Crippen LogP contribution in [0, 0.1) is 0 Å². The fourth-order valence-corrected chi connectivity index (χ4v) is 2.19. The van der Waals surface area contributed by atoms with Crippen molar-refractivity contribution in [1.82, 2.24) is 9.80 Å². The molecule has 0 atom stereocenters. The van der Waals surface area contributed by atoms with Crippen molar-refractivity contribution in [3.8, 4) is 0 Å². The highest BCUT2D eigenvalue weighted by Gasteiger charge is 2.13. The van der Waals surface area contributed by atoms with Crippen LogP contribution >= 0.6 is 0 Å². The van der Waals surface area contributed by atoms with Crippen molar-refractivity contribution < 1.29 is 4.74 Å². The Kier molecular flexibility index (Phi) is 7.76. The molecule has 1 aliphatic heterocycles. The fraction of sp³-hybridized carbons (Fsp3) is 1.00. The lowest BCUT2D eigenvalue weighted by Gasteiger charge is -2.21. The Hall–Kier alpha value is -0.160. The normalized spacial score (nSPS) is 19.9. The molecule has 4 heteroatoms. The van der Waals surface area contributed by atoms with Gasteiger partial charge in [-0.25, -0.2) is 0 Å². The number of hydrogen-bond acceptors (Lipinski definition) is 4. The topological polar surface area (TPSA) is 41.7 Å². The quantitative estimate of drug-likeness (QED) is 0.641. The number of rotatable bonds is 7. The van der Waals surface area contributed by atoms with Crippen LogP contribution in [0.4, 0.5) is 0 Å². The molecule has 0 bridgehead atoms. The summed E-state index contributed by atoms with van der Waals surface area (Å²) in [4.78, 5) is 5.03. The van der Waals surface area contributed by atoms with Crippen LogP contribution in [-0.2, 0) is 4.74 Å². The molecule has 1 rings (SSSR count). The Morgan fingerprint density at radius 2 is 1.75 bits per heavy atom. The van der Waals surface area contributed by atoms with Gasteiger partial charge in [-0.3, -0.25) is 0 Å². The van der Waals surface area contributed by atoms with E-state index in [4.69, 9.17) is 10.5 Å². The zero-order valence-electron chi connectivity index (χ0n) is 10.7. The maximum Gasteiger partial charge on any atom is 0.0478 e. The van der Waals surface area contributed by atoms with Crippen LogP contribution in [0.5, 0.6) is 0 Å². The largest absolute Gasteiger partial charge is 0.382 e. The Bertz CT molecular complexity index is 166. The summed E-state index contributed by atoms with van der Waals surface area (Å²) in [5.74, 6) is 0. The van der Waals surface area contributed by atoms with Crippen molar-refractivity contribution in [2.75, 3.05) is 59.0 Å². The molecule has 0 aliphatic carbocycles. The van der Waals surface area contributed by atoms with E-state index >= 15 is 0 Å². The van der Waals surface area contributed by atoms with E-state index in [9.17, 15) is 0 Å². The first-order chi connectivity index (χ1) is 7.86. The Morgan fingerprint density at radius 1 is 1.06 bits per heavy atom. The Labute approximate surface area is 99.7 Å². The first kappa shape index (κ1) is 13.9. The maximum atomic E-state index is 5.59. The molecule has 0 saturated carbocycles. The lowest BCUT2D eigenvalue weighted by atomic mass is 10.3. The van der Waals surface area contributed by atoms with Crippen molar-refractivity contribution in [3.63, 3.8) is 0 Å². The van der Waals surface area contributed by atoms with Gasteiger partial charge in [0.2, 0.25) is 0 Å². The van der Waals surface area contributed by atoms with Gasteiger partial charge in [0.25, 0.3) is 0 Å². The van der Waals surface area contributed by atoms with Gasteiger partial charge in [0.05, 0.1) is 0 Å². The molecule has 1 heterocycles. The molecule has 0 spiro atoms. The highest BCUT2D eigenvalue weighted by molar-refractivity contribution is 4.69. The minimum atomic E-state index is 0.782. The summed E-state index contributed by atoms with van der Waals surface area (Å²) in [5.41, 5.74) is 5.59. The molecule has 1 aliphatic rings. The summed E-state index contributed by atoms with van der Waals surface area (Å²) in [6.07, 6.45) is 2.43. The second kappa shape index (κ2) is 8.93.